The summed E-state index contributed by atoms with van der Waals surface area (Å²) in [5, 5.41) is 0. The summed E-state index contributed by atoms with van der Waals surface area (Å²) in [4.78, 5) is 2.86. The predicted molar refractivity (Wildman–Crippen MR) is 26.5 cm³/mol. The SMILES string of the molecule is [Sb].[Zn].c1cc[nH]c1. The Balaban J connectivity index is 0. The first-order valence-electron chi connectivity index (χ1n) is 1.58. The molecule has 0 saturated heterocycles. The smallest absolute Gasteiger partial charge is 0.000496 e. The number of H-pyrrole nitrogens is 1. The second kappa shape index (κ2) is 6.72. The Morgan fingerprint density at radius 1 is 1.00 bits per heavy atom. The zero-order valence-electron chi connectivity index (χ0n) is 3.96. The van der Waals surface area contributed by atoms with Gasteiger partial charge in [0.25, 0.3) is 0 Å². The third-order valence-electron chi connectivity index (χ3n) is 0.496. The Kier molecular flexibility index (Phi) is 10.2. The van der Waals surface area contributed by atoms with E-state index in [1.165, 1.54) is 0 Å². The molecule has 0 bridgehead atoms. The average Bonchev–Trinajstić information content (AvgIpc) is 1.76. The first-order valence-corrected chi connectivity index (χ1v) is 1.58. The van der Waals surface area contributed by atoms with Crippen LogP contribution in [0.1, 0.15) is 0 Å². The minimum atomic E-state index is 0. The van der Waals surface area contributed by atoms with E-state index in [1.807, 2.05) is 24.5 Å². The maximum absolute atomic E-state index is 2.86. The van der Waals surface area contributed by atoms with Crippen LogP contribution in [0.25, 0.3) is 0 Å². The van der Waals surface area contributed by atoms with Crippen molar-refractivity contribution in [1.29, 1.82) is 0 Å². The third-order valence-corrected chi connectivity index (χ3v) is 0.496. The number of nitrogens with one attached hydrogen (secondary N) is 1. The van der Waals surface area contributed by atoms with E-state index in [-0.39, 0.29) is 43.9 Å². The molecule has 33 valence electrons. The minimum absolute atomic E-state index is 0. The van der Waals surface area contributed by atoms with Crippen LogP contribution in [0, 0.1) is 0 Å². The van der Waals surface area contributed by atoms with Crippen LogP contribution in [-0.4, -0.2) is 29.4 Å². The molecule has 0 saturated carbocycles. The summed E-state index contributed by atoms with van der Waals surface area (Å²) in [6.45, 7) is 0. The fourth-order valence-corrected chi connectivity index (χ4v) is 0.278. The topological polar surface area (TPSA) is 15.8 Å². The van der Waals surface area contributed by atoms with Crippen LogP contribution in [0.3, 0.4) is 0 Å². The molecule has 0 unspecified atom stereocenters. The predicted octanol–water partition coefficient (Wildman–Crippen LogP) is 0.631. The molecular weight excluding hydrogens is 249 g/mol. The number of aromatic amines is 1. The molecule has 1 nitrogen and oxygen atoms in total. The molecule has 0 aliphatic heterocycles. The zero-order valence-corrected chi connectivity index (χ0v) is 9.48. The van der Waals surface area contributed by atoms with Crippen molar-refractivity contribution in [2.75, 3.05) is 0 Å². The van der Waals surface area contributed by atoms with Gasteiger partial charge in [0.05, 0.1) is 0 Å². The Morgan fingerprint density at radius 3 is 1.57 bits per heavy atom. The average molecular weight is 254 g/mol. The molecule has 1 aromatic rings. The van der Waals surface area contributed by atoms with Crippen LogP contribution in [0.5, 0.6) is 0 Å². The maximum Gasteiger partial charge on any atom is 0.000496 e. The molecule has 0 aliphatic rings. The molecule has 0 atom stereocenters. The van der Waals surface area contributed by atoms with Crippen LogP contribution < -0.4 is 0 Å². The van der Waals surface area contributed by atoms with Crippen molar-refractivity contribution in [3.05, 3.63) is 24.5 Å². The molecular formula is C4H5NSbZn. The van der Waals surface area contributed by atoms with Crippen molar-refractivity contribution in [2.24, 2.45) is 0 Å². The Bertz CT molecular complexity index is 68.2. The van der Waals surface area contributed by atoms with Gasteiger partial charge in [0.2, 0.25) is 0 Å². The Morgan fingerprint density at radius 2 is 1.43 bits per heavy atom. The van der Waals surface area contributed by atoms with Crippen LogP contribution in [0.15, 0.2) is 24.5 Å². The summed E-state index contributed by atoms with van der Waals surface area (Å²) in [6, 6.07) is 3.89. The van der Waals surface area contributed by atoms with Crippen molar-refractivity contribution >= 4 is 24.4 Å². The van der Waals surface area contributed by atoms with Crippen LogP contribution >= 0.6 is 0 Å². The van der Waals surface area contributed by atoms with Crippen LogP contribution in [-0.2, 0) is 19.5 Å². The summed E-state index contributed by atoms with van der Waals surface area (Å²) in [5.41, 5.74) is 0. The van der Waals surface area contributed by atoms with Gasteiger partial charge in [-0.05, 0) is 12.1 Å². The van der Waals surface area contributed by atoms with Gasteiger partial charge in [0.15, 0.2) is 0 Å². The summed E-state index contributed by atoms with van der Waals surface area (Å²) in [7, 11) is 0. The van der Waals surface area contributed by atoms with E-state index in [2.05, 4.69) is 4.98 Å². The Labute approximate surface area is 73.1 Å². The second-order valence-corrected chi connectivity index (χ2v) is 0.885. The molecule has 7 heavy (non-hydrogen) atoms. The second-order valence-electron chi connectivity index (χ2n) is 0.885. The van der Waals surface area contributed by atoms with Crippen molar-refractivity contribution in [3.8, 4) is 0 Å². The fraction of sp³-hybridized carbons (Fsp3) is 0. The van der Waals surface area contributed by atoms with Gasteiger partial charge in [-0.15, -0.1) is 0 Å². The summed E-state index contributed by atoms with van der Waals surface area (Å²) in [5.74, 6) is 0. The normalized spacial score (nSPS) is 5.71. The number of hydrogen-bond donors (Lipinski definition) is 1. The number of rotatable bonds is 0. The zero-order chi connectivity index (χ0) is 3.54. The third kappa shape index (κ3) is 4.58. The molecule has 0 amide bonds. The van der Waals surface area contributed by atoms with E-state index in [0.29, 0.717) is 0 Å². The van der Waals surface area contributed by atoms with Gasteiger partial charge in [-0.2, -0.15) is 0 Å². The minimum Gasteiger partial charge on any atom is -0.368 e. The summed E-state index contributed by atoms with van der Waals surface area (Å²) >= 11 is 0. The van der Waals surface area contributed by atoms with Crippen LogP contribution in [0.4, 0.5) is 0 Å². The van der Waals surface area contributed by atoms with E-state index in [4.69, 9.17) is 0 Å². The van der Waals surface area contributed by atoms with E-state index in [9.17, 15) is 0 Å². The fourth-order valence-electron chi connectivity index (χ4n) is 0.278. The number of aromatic nitrogens is 1. The van der Waals surface area contributed by atoms with Gasteiger partial charge in [-0.3, -0.25) is 0 Å². The van der Waals surface area contributed by atoms with Crippen LogP contribution in [0.2, 0.25) is 0 Å². The van der Waals surface area contributed by atoms with Gasteiger partial charge < -0.3 is 4.98 Å². The molecule has 0 spiro atoms. The summed E-state index contributed by atoms with van der Waals surface area (Å²) < 4.78 is 0. The van der Waals surface area contributed by atoms with Gasteiger partial charge in [0, 0.05) is 56.3 Å². The van der Waals surface area contributed by atoms with E-state index in [1.54, 1.807) is 0 Å². The quantitative estimate of drug-likeness (QED) is 0.654. The largest absolute Gasteiger partial charge is 0.368 e. The molecule has 0 aliphatic carbocycles. The van der Waals surface area contributed by atoms with Crippen molar-refractivity contribution in [2.45, 2.75) is 0 Å². The van der Waals surface area contributed by atoms with Crippen molar-refractivity contribution < 1.29 is 19.5 Å². The van der Waals surface area contributed by atoms with E-state index >= 15 is 0 Å². The standard InChI is InChI=1S/C4H5N.Sb.Zn/c1-2-4-5-3-1;;/h1-5H;;. The first-order chi connectivity index (χ1) is 2.50. The van der Waals surface area contributed by atoms with Gasteiger partial charge in [0.1, 0.15) is 0 Å². The summed E-state index contributed by atoms with van der Waals surface area (Å²) in [6.07, 6.45) is 3.75. The molecule has 1 heterocycles. The maximum atomic E-state index is 2.86. The van der Waals surface area contributed by atoms with E-state index < -0.39 is 0 Å². The molecule has 1 N–H and O–H groups in total. The van der Waals surface area contributed by atoms with Gasteiger partial charge >= 0.3 is 0 Å². The van der Waals surface area contributed by atoms with Gasteiger partial charge in [-0.25, -0.2) is 0 Å². The van der Waals surface area contributed by atoms with Gasteiger partial charge in [-0.1, -0.05) is 0 Å². The monoisotopic (exact) mass is 252 g/mol. The Hall–Kier alpha value is 0.722. The van der Waals surface area contributed by atoms with Crippen molar-refractivity contribution in [3.63, 3.8) is 0 Å². The molecule has 0 aromatic carbocycles. The number of hydrogen-bond acceptors (Lipinski definition) is 0. The van der Waals surface area contributed by atoms with Crippen molar-refractivity contribution in [1.82, 2.24) is 4.98 Å². The molecule has 0 fully saturated rings. The van der Waals surface area contributed by atoms with E-state index in [0.717, 1.165) is 0 Å². The molecule has 1 rings (SSSR count). The molecule has 1 aromatic heterocycles. The molecule has 3 radical (unpaired) electrons. The first kappa shape index (κ1) is 10.7. The molecule has 3 heteroatoms.